The second-order valence-corrected chi connectivity index (χ2v) is 6.73. The van der Waals surface area contributed by atoms with Crippen molar-refractivity contribution in [3.63, 3.8) is 0 Å². The van der Waals surface area contributed by atoms with Crippen molar-refractivity contribution in [2.75, 3.05) is 13.6 Å². The van der Waals surface area contributed by atoms with Crippen LogP contribution in [0.2, 0.25) is 0 Å². The molecular weight excluding hydrogens is 260 g/mol. The van der Waals surface area contributed by atoms with Gasteiger partial charge in [-0.25, -0.2) is 0 Å². The molecule has 3 nitrogen and oxygen atoms in total. The van der Waals surface area contributed by atoms with Crippen molar-refractivity contribution in [3.8, 4) is 0 Å². The van der Waals surface area contributed by atoms with Gasteiger partial charge in [0.1, 0.15) is 0 Å². The van der Waals surface area contributed by atoms with Crippen molar-refractivity contribution in [3.05, 3.63) is 34.9 Å². The van der Waals surface area contributed by atoms with E-state index in [1.54, 1.807) is 0 Å². The first-order valence-electron chi connectivity index (χ1n) is 8.25. The second-order valence-electron chi connectivity index (χ2n) is 6.73. The standard InChI is InChI=1S/C18H26N2O/c1-20-11-10-18-9-3-2-4-15(18)8-7-13-5-6-14(17(19)21)12-16(13)18/h5-6,12,15,20H,2-4,7-11H2,1H3,(H2,19,21)/t15?,18-/m0/s1. The molecule has 0 spiro atoms. The highest BCUT2D eigenvalue weighted by Crippen LogP contribution is 2.52. The molecule has 0 aromatic heterocycles. The lowest BCUT2D eigenvalue weighted by atomic mass is 9.55. The molecule has 3 heteroatoms. The molecule has 21 heavy (non-hydrogen) atoms. The molecule has 1 amide bonds. The molecule has 0 radical (unpaired) electrons. The highest BCUT2D eigenvalue weighted by atomic mass is 16.1. The van der Waals surface area contributed by atoms with E-state index in [1.807, 2.05) is 13.1 Å². The zero-order valence-corrected chi connectivity index (χ0v) is 13.0. The maximum Gasteiger partial charge on any atom is 0.248 e. The van der Waals surface area contributed by atoms with Gasteiger partial charge < -0.3 is 11.1 Å². The number of carbonyl (C=O) groups is 1. The van der Waals surface area contributed by atoms with Gasteiger partial charge in [0.05, 0.1) is 0 Å². The summed E-state index contributed by atoms with van der Waals surface area (Å²) in [5, 5.41) is 3.32. The van der Waals surface area contributed by atoms with Crippen LogP contribution in [0.4, 0.5) is 0 Å². The Bertz CT molecular complexity index is 540. The summed E-state index contributed by atoms with van der Waals surface area (Å²) in [4.78, 5) is 11.6. The summed E-state index contributed by atoms with van der Waals surface area (Å²) >= 11 is 0. The van der Waals surface area contributed by atoms with Crippen LogP contribution in [-0.2, 0) is 11.8 Å². The Labute approximate surface area is 127 Å². The predicted octanol–water partition coefficient (Wildman–Crippen LogP) is 2.77. The Morgan fingerprint density at radius 2 is 2.24 bits per heavy atom. The van der Waals surface area contributed by atoms with Crippen molar-refractivity contribution >= 4 is 5.91 Å². The number of primary amides is 1. The fraction of sp³-hybridized carbons (Fsp3) is 0.611. The summed E-state index contributed by atoms with van der Waals surface area (Å²) in [6, 6.07) is 6.14. The minimum absolute atomic E-state index is 0.264. The first-order chi connectivity index (χ1) is 10.2. The molecule has 0 aliphatic heterocycles. The molecule has 114 valence electrons. The van der Waals surface area contributed by atoms with Gasteiger partial charge in [0, 0.05) is 5.56 Å². The summed E-state index contributed by atoms with van der Waals surface area (Å²) in [5.41, 5.74) is 9.30. The average Bonchev–Trinajstić information content (AvgIpc) is 2.52. The van der Waals surface area contributed by atoms with Gasteiger partial charge in [-0.1, -0.05) is 18.9 Å². The van der Waals surface area contributed by atoms with Crippen LogP contribution in [0.15, 0.2) is 18.2 Å². The minimum atomic E-state index is -0.306. The van der Waals surface area contributed by atoms with Crippen LogP contribution in [0.5, 0.6) is 0 Å². The van der Waals surface area contributed by atoms with E-state index in [4.69, 9.17) is 5.73 Å². The fourth-order valence-electron chi connectivity index (χ4n) is 4.64. The molecule has 0 heterocycles. The quantitative estimate of drug-likeness (QED) is 0.894. The number of benzene rings is 1. The summed E-state index contributed by atoms with van der Waals surface area (Å²) in [5.74, 6) is 0.467. The van der Waals surface area contributed by atoms with Gasteiger partial charge in [-0.15, -0.1) is 0 Å². The zero-order chi connectivity index (χ0) is 14.9. The maximum absolute atomic E-state index is 11.6. The minimum Gasteiger partial charge on any atom is -0.366 e. The van der Waals surface area contributed by atoms with Crippen molar-refractivity contribution < 1.29 is 4.79 Å². The SMILES string of the molecule is CNCC[C@@]12CCCCC1CCc1ccc(C(N)=O)cc12. The number of aryl methyl sites for hydroxylation is 1. The van der Waals surface area contributed by atoms with Crippen molar-refractivity contribution in [1.82, 2.24) is 5.32 Å². The lowest BCUT2D eigenvalue weighted by Crippen LogP contribution is -2.44. The largest absolute Gasteiger partial charge is 0.366 e. The zero-order valence-electron chi connectivity index (χ0n) is 13.0. The molecular formula is C18H26N2O. The molecule has 2 aliphatic rings. The van der Waals surface area contributed by atoms with Gasteiger partial charge >= 0.3 is 0 Å². The first-order valence-corrected chi connectivity index (χ1v) is 8.25. The van der Waals surface area contributed by atoms with Gasteiger partial charge in [-0.3, -0.25) is 4.79 Å². The number of hydrogen-bond donors (Lipinski definition) is 2. The fourth-order valence-corrected chi connectivity index (χ4v) is 4.64. The molecule has 1 saturated carbocycles. The molecule has 0 saturated heterocycles. The Morgan fingerprint density at radius 3 is 3.00 bits per heavy atom. The Balaban J connectivity index is 2.07. The van der Waals surface area contributed by atoms with E-state index < -0.39 is 0 Å². The monoisotopic (exact) mass is 286 g/mol. The number of rotatable bonds is 4. The van der Waals surface area contributed by atoms with E-state index >= 15 is 0 Å². The smallest absolute Gasteiger partial charge is 0.248 e. The number of nitrogens with two attached hydrogens (primary N) is 1. The lowest BCUT2D eigenvalue weighted by molar-refractivity contribution is 0.0999. The number of fused-ring (bicyclic) bond motifs is 3. The number of hydrogen-bond acceptors (Lipinski definition) is 2. The van der Waals surface area contributed by atoms with Crippen LogP contribution in [0.3, 0.4) is 0 Å². The normalized spacial score (nSPS) is 27.8. The molecule has 2 aliphatic carbocycles. The summed E-state index contributed by atoms with van der Waals surface area (Å²) in [7, 11) is 2.03. The lowest BCUT2D eigenvalue weighted by Gasteiger charge is -2.49. The van der Waals surface area contributed by atoms with Gasteiger partial charge in [0.25, 0.3) is 0 Å². The van der Waals surface area contributed by atoms with Gasteiger partial charge in [-0.05, 0) is 80.3 Å². The number of nitrogens with one attached hydrogen (secondary N) is 1. The summed E-state index contributed by atoms with van der Waals surface area (Å²) < 4.78 is 0. The highest BCUT2D eigenvalue weighted by molar-refractivity contribution is 5.93. The third kappa shape index (κ3) is 2.48. The third-order valence-electron chi connectivity index (χ3n) is 5.72. The average molecular weight is 286 g/mol. The molecule has 2 atom stereocenters. The molecule has 1 aromatic rings. The van der Waals surface area contributed by atoms with Crippen LogP contribution in [0.25, 0.3) is 0 Å². The van der Waals surface area contributed by atoms with E-state index in [9.17, 15) is 4.79 Å². The van der Waals surface area contributed by atoms with E-state index in [0.29, 0.717) is 5.56 Å². The van der Waals surface area contributed by atoms with Gasteiger partial charge in [-0.2, -0.15) is 0 Å². The summed E-state index contributed by atoms with van der Waals surface area (Å²) in [6.45, 7) is 1.04. The molecule has 3 N–H and O–H groups in total. The van der Waals surface area contributed by atoms with Crippen LogP contribution in [-0.4, -0.2) is 19.5 Å². The summed E-state index contributed by atoms with van der Waals surface area (Å²) in [6.07, 6.45) is 8.88. The molecule has 0 bridgehead atoms. The van der Waals surface area contributed by atoms with Crippen LogP contribution >= 0.6 is 0 Å². The Kier molecular flexibility index (Phi) is 4.03. The molecule has 3 rings (SSSR count). The van der Waals surface area contributed by atoms with E-state index in [0.717, 1.165) is 18.9 Å². The Hall–Kier alpha value is -1.35. The van der Waals surface area contributed by atoms with E-state index in [-0.39, 0.29) is 11.3 Å². The van der Waals surface area contributed by atoms with Gasteiger partial charge in [0.2, 0.25) is 5.91 Å². The van der Waals surface area contributed by atoms with Crippen molar-refractivity contribution in [2.45, 2.75) is 50.4 Å². The first kappa shape index (κ1) is 14.6. The second kappa shape index (κ2) is 5.80. The topological polar surface area (TPSA) is 55.1 Å². The van der Waals surface area contributed by atoms with E-state index in [2.05, 4.69) is 17.4 Å². The number of carbonyl (C=O) groups excluding carboxylic acids is 1. The number of amides is 1. The predicted molar refractivity (Wildman–Crippen MR) is 85.5 cm³/mol. The van der Waals surface area contributed by atoms with Crippen molar-refractivity contribution in [1.29, 1.82) is 0 Å². The van der Waals surface area contributed by atoms with Crippen LogP contribution in [0, 0.1) is 5.92 Å². The Morgan fingerprint density at radius 1 is 1.38 bits per heavy atom. The van der Waals surface area contributed by atoms with Crippen molar-refractivity contribution in [2.24, 2.45) is 11.7 Å². The maximum atomic E-state index is 11.6. The van der Waals surface area contributed by atoms with Crippen LogP contribution in [0.1, 0.15) is 60.0 Å². The molecule has 1 unspecified atom stereocenters. The van der Waals surface area contributed by atoms with E-state index in [1.165, 1.54) is 49.7 Å². The molecule has 1 aromatic carbocycles. The third-order valence-corrected chi connectivity index (χ3v) is 5.72. The molecule has 1 fully saturated rings. The van der Waals surface area contributed by atoms with Crippen LogP contribution < -0.4 is 11.1 Å². The highest BCUT2D eigenvalue weighted by Gasteiger charge is 2.44. The van der Waals surface area contributed by atoms with Gasteiger partial charge in [0.15, 0.2) is 0 Å².